The normalized spacial score (nSPS) is 12.5. The second-order valence-corrected chi connectivity index (χ2v) is 5.50. The maximum absolute atomic E-state index is 9.81. The maximum atomic E-state index is 9.81. The lowest BCUT2D eigenvalue weighted by atomic mass is 10.0. The van der Waals surface area contributed by atoms with Crippen LogP contribution in [0.3, 0.4) is 0 Å². The van der Waals surface area contributed by atoms with E-state index in [0.29, 0.717) is 11.7 Å². The quantitative estimate of drug-likeness (QED) is 0.850. The summed E-state index contributed by atoms with van der Waals surface area (Å²) < 4.78 is 6.03. The molecule has 0 aliphatic heterocycles. The largest absolute Gasteiger partial charge is 0.457 e. The van der Waals surface area contributed by atoms with Crippen LogP contribution in [0, 0.1) is 6.92 Å². The Morgan fingerprint density at radius 1 is 0.950 bits per heavy atom. The first-order chi connectivity index (χ1) is 9.49. The Balaban J connectivity index is 2.37. The summed E-state index contributed by atoms with van der Waals surface area (Å²) in [5, 5.41) is 9.81. The molecule has 2 aromatic carbocycles. The molecule has 0 saturated heterocycles. The minimum absolute atomic E-state index is 0.463. The van der Waals surface area contributed by atoms with E-state index in [1.165, 1.54) is 5.56 Å². The summed E-state index contributed by atoms with van der Waals surface area (Å²) in [5.74, 6) is 2.03. The zero-order valence-electron chi connectivity index (χ0n) is 12.6. The third kappa shape index (κ3) is 3.20. The van der Waals surface area contributed by atoms with Crippen molar-refractivity contribution in [3.8, 4) is 11.5 Å². The maximum Gasteiger partial charge on any atom is 0.133 e. The number of rotatable bonds is 4. The number of ether oxygens (including phenoxy) is 1. The topological polar surface area (TPSA) is 29.5 Å². The van der Waals surface area contributed by atoms with Crippen molar-refractivity contribution in [1.82, 2.24) is 0 Å². The van der Waals surface area contributed by atoms with Crippen LogP contribution in [0.25, 0.3) is 0 Å². The number of para-hydroxylation sites is 1. The molecule has 106 valence electrons. The van der Waals surface area contributed by atoms with Gasteiger partial charge in [-0.15, -0.1) is 0 Å². The van der Waals surface area contributed by atoms with E-state index < -0.39 is 6.10 Å². The van der Waals surface area contributed by atoms with Gasteiger partial charge < -0.3 is 9.84 Å². The van der Waals surface area contributed by atoms with Crippen LogP contribution in [-0.2, 0) is 0 Å². The lowest BCUT2D eigenvalue weighted by molar-refractivity contribution is 0.195. The highest BCUT2D eigenvalue weighted by Gasteiger charge is 2.11. The van der Waals surface area contributed by atoms with E-state index in [-0.39, 0.29) is 0 Å². The molecule has 0 spiro atoms. The lowest BCUT2D eigenvalue weighted by Gasteiger charge is -2.16. The molecule has 2 aromatic rings. The molecule has 1 N–H and O–H groups in total. The van der Waals surface area contributed by atoms with Gasteiger partial charge in [-0.2, -0.15) is 0 Å². The lowest BCUT2D eigenvalue weighted by Crippen LogP contribution is -1.97. The molecule has 0 amide bonds. The van der Waals surface area contributed by atoms with Gasteiger partial charge >= 0.3 is 0 Å². The molecular formula is C18H22O2. The number of benzene rings is 2. The van der Waals surface area contributed by atoms with E-state index in [2.05, 4.69) is 32.0 Å². The van der Waals surface area contributed by atoms with Crippen LogP contribution in [0.4, 0.5) is 0 Å². The summed E-state index contributed by atoms with van der Waals surface area (Å²) in [7, 11) is 0. The van der Waals surface area contributed by atoms with Gasteiger partial charge in [0.15, 0.2) is 0 Å². The molecule has 20 heavy (non-hydrogen) atoms. The van der Waals surface area contributed by atoms with Gasteiger partial charge in [0.1, 0.15) is 11.5 Å². The van der Waals surface area contributed by atoms with E-state index in [1.807, 2.05) is 31.2 Å². The molecule has 0 unspecified atom stereocenters. The number of hydrogen-bond acceptors (Lipinski definition) is 2. The zero-order valence-corrected chi connectivity index (χ0v) is 12.6. The molecule has 2 heteroatoms. The molecule has 0 aliphatic carbocycles. The monoisotopic (exact) mass is 270 g/mol. The highest BCUT2D eigenvalue weighted by Crippen LogP contribution is 2.32. The third-order valence-electron chi connectivity index (χ3n) is 3.47. The van der Waals surface area contributed by atoms with E-state index in [9.17, 15) is 5.11 Å². The predicted molar refractivity (Wildman–Crippen MR) is 82.4 cm³/mol. The average molecular weight is 270 g/mol. The van der Waals surface area contributed by atoms with Gasteiger partial charge in [0.25, 0.3) is 0 Å². The van der Waals surface area contributed by atoms with Crippen LogP contribution in [-0.4, -0.2) is 5.11 Å². The molecule has 2 rings (SSSR count). The number of aliphatic hydroxyl groups is 1. The first-order valence-corrected chi connectivity index (χ1v) is 7.04. The molecule has 2 nitrogen and oxygen atoms in total. The van der Waals surface area contributed by atoms with Crippen LogP contribution in [0.15, 0.2) is 42.5 Å². The van der Waals surface area contributed by atoms with Crippen molar-refractivity contribution < 1.29 is 9.84 Å². The Bertz CT molecular complexity index is 586. The molecule has 0 saturated carbocycles. The predicted octanol–water partition coefficient (Wildman–Crippen LogP) is 4.96. The van der Waals surface area contributed by atoms with E-state index >= 15 is 0 Å². The van der Waals surface area contributed by atoms with Crippen molar-refractivity contribution in [2.75, 3.05) is 0 Å². The second kappa shape index (κ2) is 6.10. The summed E-state index contributed by atoms with van der Waals surface area (Å²) in [6.07, 6.45) is -0.542. The van der Waals surface area contributed by atoms with Gasteiger partial charge in [-0.3, -0.25) is 0 Å². The summed E-state index contributed by atoms with van der Waals surface area (Å²) in [5.41, 5.74) is 3.15. The van der Waals surface area contributed by atoms with Crippen LogP contribution in [0.1, 0.15) is 49.5 Å². The Morgan fingerprint density at radius 3 is 2.30 bits per heavy atom. The summed E-state index contributed by atoms with van der Waals surface area (Å²) in [6, 6.07) is 13.9. The fourth-order valence-electron chi connectivity index (χ4n) is 2.12. The van der Waals surface area contributed by atoms with E-state index in [1.54, 1.807) is 6.92 Å². The Morgan fingerprint density at radius 2 is 1.65 bits per heavy atom. The standard InChI is InChI=1S/C18H22O2/c1-12(2)15-10-9-13(3)18(11-15)20-17-8-6-5-7-16(17)14(4)19/h5-12,14,19H,1-4H3/t14-/m1/s1. The van der Waals surface area contributed by atoms with Crippen molar-refractivity contribution in [3.05, 3.63) is 59.2 Å². The zero-order chi connectivity index (χ0) is 14.7. The van der Waals surface area contributed by atoms with Crippen molar-refractivity contribution in [1.29, 1.82) is 0 Å². The Kier molecular flexibility index (Phi) is 4.46. The third-order valence-corrected chi connectivity index (χ3v) is 3.47. The van der Waals surface area contributed by atoms with Crippen molar-refractivity contribution in [3.63, 3.8) is 0 Å². The molecule has 0 heterocycles. The van der Waals surface area contributed by atoms with Crippen LogP contribution in [0.5, 0.6) is 11.5 Å². The SMILES string of the molecule is Cc1ccc(C(C)C)cc1Oc1ccccc1[C@@H](C)O. The molecule has 1 atom stereocenters. The Hall–Kier alpha value is -1.80. The molecule has 0 radical (unpaired) electrons. The minimum Gasteiger partial charge on any atom is -0.457 e. The Labute approximate surface area is 121 Å². The molecule has 0 aromatic heterocycles. The minimum atomic E-state index is -0.542. The van der Waals surface area contributed by atoms with Crippen LogP contribution < -0.4 is 4.74 Å². The molecule has 0 fully saturated rings. The number of hydrogen-bond donors (Lipinski definition) is 1. The highest BCUT2D eigenvalue weighted by molar-refractivity contribution is 5.43. The van der Waals surface area contributed by atoms with Crippen LogP contribution >= 0.6 is 0 Å². The van der Waals surface area contributed by atoms with E-state index in [4.69, 9.17) is 4.74 Å². The first kappa shape index (κ1) is 14.6. The molecular weight excluding hydrogens is 248 g/mol. The van der Waals surface area contributed by atoms with Crippen molar-refractivity contribution >= 4 is 0 Å². The fraction of sp³-hybridized carbons (Fsp3) is 0.333. The smallest absolute Gasteiger partial charge is 0.133 e. The highest BCUT2D eigenvalue weighted by atomic mass is 16.5. The van der Waals surface area contributed by atoms with Crippen molar-refractivity contribution in [2.45, 2.75) is 39.7 Å². The molecule has 0 aliphatic rings. The van der Waals surface area contributed by atoms with Gasteiger partial charge in [-0.05, 0) is 43.0 Å². The van der Waals surface area contributed by atoms with Gasteiger partial charge in [-0.25, -0.2) is 0 Å². The van der Waals surface area contributed by atoms with Gasteiger partial charge in [0, 0.05) is 5.56 Å². The molecule has 0 bridgehead atoms. The second-order valence-electron chi connectivity index (χ2n) is 5.50. The number of aryl methyl sites for hydroxylation is 1. The van der Waals surface area contributed by atoms with E-state index in [0.717, 1.165) is 16.9 Å². The van der Waals surface area contributed by atoms with Gasteiger partial charge in [-0.1, -0.05) is 44.2 Å². The first-order valence-electron chi connectivity index (χ1n) is 7.04. The summed E-state index contributed by atoms with van der Waals surface area (Å²) in [6.45, 7) is 8.11. The summed E-state index contributed by atoms with van der Waals surface area (Å²) >= 11 is 0. The van der Waals surface area contributed by atoms with Crippen molar-refractivity contribution in [2.24, 2.45) is 0 Å². The van der Waals surface area contributed by atoms with Gasteiger partial charge in [0.05, 0.1) is 6.10 Å². The van der Waals surface area contributed by atoms with Crippen LogP contribution in [0.2, 0.25) is 0 Å². The summed E-state index contributed by atoms with van der Waals surface area (Å²) in [4.78, 5) is 0. The van der Waals surface area contributed by atoms with Gasteiger partial charge in [0.2, 0.25) is 0 Å². The fourth-order valence-corrected chi connectivity index (χ4v) is 2.12. The number of aliphatic hydroxyl groups excluding tert-OH is 1. The average Bonchev–Trinajstić information content (AvgIpc) is 2.41.